The van der Waals surface area contributed by atoms with Gasteiger partial charge in [-0.3, -0.25) is 9.59 Å². The summed E-state index contributed by atoms with van der Waals surface area (Å²) < 4.78 is 16.8. The fourth-order valence-electron chi connectivity index (χ4n) is 5.42. The van der Waals surface area contributed by atoms with E-state index in [9.17, 15) is 9.59 Å². The van der Waals surface area contributed by atoms with Crippen LogP contribution in [-0.4, -0.2) is 35.7 Å². The minimum absolute atomic E-state index is 0.0209. The molecule has 2 unspecified atom stereocenters. The number of hydrogen-bond donors (Lipinski definition) is 0. The number of allylic oxidation sites excluding steroid dienone is 1. The molecule has 2 atom stereocenters. The smallest absolute Gasteiger partial charge is 0.326 e. The molecule has 6 rings (SSSR count). The molecular weight excluding hydrogens is 506 g/mol. The van der Waals surface area contributed by atoms with Gasteiger partial charge in [0.1, 0.15) is 24.1 Å². The predicted molar refractivity (Wildman–Crippen MR) is 151 cm³/mol. The predicted octanol–water partition coefficient (Wildman–Crippen LogP) is 6.38. The van der Waals surface area contributed by atoms with Crippen LogP contribution in [0.3, 0.4) is 0 Å². The van der Waals surface area contributed by atoms with Crippen molar-refractivity contribution < 1.29 is 23.2 Å². The fraction of sp³-hybridized carbons (Fsp3) is 0.219. The van der Waals surface area contributed by atoms with Crippen LogP contribution >= 0.6 is 0 Å². The molecule has 8 heteroatoms. The molecule has 2 aliphatic rings. The van der Waals surface area contributed by atoms with Crippen LogP contribution < -0.4 is 4.90 Å². The first kappa shape index (κ1) is 25.4. The molecule has 1 fully saturated rings. The van der Waals surface area contributed by atoms with Crippen LogP contribution in [0.2, 0.25) is 0 Å². The van der Waals surface area contributed by atoms with Crippen molar-refractivity contribution in [3.63, 3.8) is 0 Å². The number of rotatable bonds is 8. The van der Waals surface area contributed by atoms with Crippen LogP contribution in [0.25, 0.3) is 6.08 Å². The zero-order valence-corrected chi connectivity index (χ0v) is 21.9. The first-order valence-corrected chi connectivity index (χ1v) is 13.4. The number of ether oxygens (including phenoxy) is 1. The highest BCUT2D eigenvalue weighted by atomic mass is 16.5. The Kier molecular flexibility index (Phi) is 7.30. The lowest BCUT2D eigenvalue weighted by molar-refractivity contribution is -0.152. The summed E-state index contributed by atoms with van der Waals surface area (Å²) in [7, 11) is 0. The third-order valence-electron chi connectivity index (χ3n) is 7.23. The lowest BCUT2D eigenvalue weighted by Crippen LogP contribution is -2.35. The number of hydrogen-bond acceptors (Lipinski definition) is 7. The number of para-hydroxylation sites is 2. The third-order valence-corrected chi connectivity index (χ3v) is 7.23. The molecule has 0 bridgehead atoms. The molecule has 8 nitrogen and oxygen atoms in total. The van der Waals surface area contributed by atoms with Gasteiger partial charge in [-0.1, -0.05) is 36.4 Å². The van der Waals surface area contributed by atoms with Crippen LogP contribution in [0.4, 0.5) is 11.4 Å². The molecule has 1 aliphatic heterocycles. The Morgan fingerprint density at radius 2 is 1.62 bits per heavy atom. The first-order valence-electron chi connectivity index (χ1n) is 13.4. The molecule has 4 aromatic rings. The highest BCUT2D eigenvalue weighted by Crippen LogP contribution is 2.44. The van der Waals surface area contributed by atoms with Crippen LogP contribution in [0.15, 0.2) is 117 Å². The molecule has 0 N–H and O–H groups in total. The van der Waals surface area contributed by atoms with E-state index in [0.717, 1.165) is 47.7 Å². The van der Waals surface area contributed by atoms with E-state index in [1.807, 2.05) is 89.8 Å². The summed E-state index contributed by atoms with van der Waals surface area (Å²) in [5.41, 5.74) is 3.58. The van der Waals surface area contributed by atoms with Gasteiger partial charge in [-0.25, -0.2) is 5.01 Å². The summed E-state index contributed by atoms with van der Waals surface area (Å²) >= 11 is 0. The number of anilines is 2. The van der Waals surface area contributed by atoms with E-state index in [0.29, 0.717) is 5.76 Å². The fourth-order valence-corrected chi connectivity index (χ4v) is 5.42. The molecule has 0 radical (unpaired) electrons. The maximum atomic E-state index is 13.5. The van der Waals surface area contributed by atoms with E-state index in [1.165, 1.54) is 5.01 Å². The molecule has 0 saturated heterocycles. The summed E-state index contributed by atoms with van der Waals surface area (Å²) in [5.74, 6) is 0.459. The second kappa shape index (κ2) is 11.5. The molecule has 40 heavy (non-hydrogen) atoms. The molecule has 2 aromatic heterocycles. The van der Waals surface area contributed by atoms with Gasteiger partial charge in [0, 0.05) is 17.3 Å². The van der Waals surface area contributed by atoms with Crippen LogP contribution in [0.1, 0.15) is 36.8 Å². The van der Waals surface area contributed by atoms with E-state index in [4.69, 9.17) is 18.7 Å². The number of carbonyl (C=O) groups is 2. The molecule has 3 heterocycles. The summed E-state index contributed by atoms with van der Waals surface area (Å²) in [6.45, 7) is -0.468. The lowest BCUT2D eigenvalue weighted by atomic mass is 9.79. The van der Waals surface area contributed by atoms with E-state index >= 15 is 0 Å². The number of amides is 1. The topological polar surface area (TPSA) is 88.5 Å². The Morgan fingerprint density at radius 1 is 0.925 bits per heavy atom. The highest BCUT2D eigenvalue weighted by molar-refractivity contribution is 6.08. The number of furan rings is 2. The van der Waals surface area contributed by atoms with Crippen molar-refractivity contribution in [1.29, 1.82) is 0 Å². The number of esters is 1. The first-order chi connectivity index (χ1) is 19.7. The summed E-state index contributed by atoms with van der Waals surface area (Å²) in [6.07, 6.45) is 7.88. The van der Waals surface area contributed by atoms with E-state index in [-0.39, 0.29) is 12.5 Å². The Labute approximate surface area is 232 Å². The van der Waals surface area contributed by atoms with Crippen molar-refractivity contribution in [2.75, 3.05) is 18.1 Å². The molecular formula is C32H29N3O5. The van der Waals surface area contributed by atoms with Crippen LogP contribution in [0, 0.1) is 5.92 Å². The van der Waals surface area contributed by atoms with Crippen molar-refractivity contribution in [2.45, 2.75) is 25.3 Å². The van der Waals surface area contributed by atoms with Gasteiger partial charge in [0.15, 0.2) is 6.61 Å². The second-order valence-electron chi connectivity index (χ2n) is 9.79. The largest absolute Gasteiger partial charge is 0.467 e. The maximum Gasteiger partial charge on any atom is 0.326 e. The van der Waals surface area contributed by atoms with Gasteiger partial charge in [0.2, 0.25) is 0 Å². The highest BCUT2D eigenvalue weighted by Gasteiger charge is 2.45. The molecule has 0 spiro atoms. The number of benzene rings is 2. The van der Waals surface area contributed by atoms with Gasteiger partial charge in [-0.15, -0.1) is 0 Å². The van der Waals surface area contributed by atoms with Crippen molar-refractivity contribution in [3.05, 3.63) is 115 Å². The van der Waals surface area contributed by atoms with E-state index < -0.39 is 24.5 Å². The van der Waals surface area contributed by atoms with Crippen molar-refractivity contribution >= 4 is 35.0 Å². The Bertz CT molecular complexity index is 1460. The monoisotopic (exact) mass is 535 g/mol. The van der Waals surface area contributed by atoms with Gasteiger partial charge in [0.05, 0.1) is 18.2 Å². The zero-order chi connectivity index (χ0) is 27.3. The SMILES string of the molecule is O=C(CN(c1ccccc1)c1ccccc1)OCC(=O)N1N=C2C(=Cc3ccco3)CCCC2C1c1ccco1. The number of carbonyl (C=O) groups excluding carboxylic acids is 2. The van der Waals surface area contributed by atoms with Crippen molar-refractivity contribution in [3.8, 4) is 0 Å². The molecule has 1 amide bonds. The van der Waals surface area contributed by atoms with Crippen LogP contribution in [0.5, 0.6) is 0 Å². The minimum Gasteiger partial charge on any atom is -0.467 e. The normalized spacial score (nSPS) is 19.2. The van der Waals surface area contributed by atoms with Gasteiger partial charge >= 0.3 is 5.97 Å². The molecule has 202 valence electrons. The summed E-state index contributed by atoms with van der Waals surface area (Å²) in [4.78, 5) is 28.4. The lowest BCUT2D eigenvalue weighted by Gasteiger charge is -2.28. The standard InChI is InChI=1S/C32H29N3O5/c36-29(22-40-30(37)21-34(24-11-3-1-4-12-24)25-13-5-2-6-14-25)35-32(28-17-9-19-39-28)27-16-7-10-23(31(27)33-35)20-26-15-8-18-38-26/h1-6,8-9,11-15,17-20,27,32H,7,10,16,21-22H2. The Hall–Kier alpha value is -4.85. The summed E-state index contributed by atoms with van der Waals surface area (Å²) in [6, 6.07) is 26.2. The van der Waals surface area contributed by atoms with Gasteiger partial charge in [0.25, 0.3) is 5.91 Å². The Morgan fingerprint density at radius 3 is 2.27 bits per heavy atom. The van der Waals surface area contributed by atoms with Crippen LogP contribution in [-0.2, 0) is 14.3 Å². The number of fused-ring (bicyclic) bond motifs is 1. The minimum atomic E-state index is -0.515. The molecule has 1 saturated carbocycles. The third kappa shape index (κ3) is 5.33. The average molecular weight is 536 g/mol. The van der Waals surface area contributed by atoms with E-state index in [2.05, 4.69) is 0 Å². The maximum absolute atomic E-state index is 13.5. The zero-order valence-electron chi connectivity index (χ0n) is 21.9. The average Bonchev–Trinajstić information content (AvgIpc) is 3.77. The number of nitrogens with zero attached hydrogens (tertiary/aromatic N) is 3. The number of hydrazone groups is 1. The van der Waals surface area contributed by atoms with Gasteiger partial charge in [-0.05, 0) is 79.4 Å². The second-order valence-corrected chi connectivity index (χ2v) is 9.79. The van der Waals surface area contributed by atoms with Crippen molar-refractivity contribution in [2.24, 2.45) is 11.0 Å². The van der Waals surface area contributed by atoms with Gasteiger partial charge in [-0.2, -0.15) is 5.10 Å². The molecule has 1 aliphatic carbocycles. The Balaban J connectivity index is 1.20. The summed E-state index contributed by atoms with van der Waals surface area (Å²) in [5, 5.41) is 6.20. The van der Waals surface area contributed by atoms with Gasteiger partial charge < -0.3 is 18.5 Å². The van der Waals surface area contributed by atoms with Crippen molar-refractivity contribution in [1.82, 2.24) is 5.01 Å². The van der Waals surface area contributed by atoms with E-state index in [1.54, 1.807) is 18.6 Å². The quantitative estimate of drug-likeness (QED) is 0.243. The molecule has 2 aromatic carbocycles.